The van der Waals surface area contributed by atoms with Gasteiger partial charge in [0.2, 0.25) is 0 Å². The molecule has 7 nitrogen and oxygen atoms in total. The van der Waals surface area contributed by atoms with Crippen molar-refractivity contribution in [1.29, 1.82) is 0 Å². The summed E-state index contributed by atoms with van der Waals surface area (Å²) >= 11 is 0. The van der Waals surface area contributed by atoms with E-state index in [2.05, 4.69) is 47.1 Å². The molecule has 29 heavy (non-hydrogen) atoms. The minimum Gasteiger partial charge on any atom is -0.318 e. The number of hydrogen-bond acceptors (Lipinski definition) is 4. The summed E-state index contributed by atoms with van der Waals surface area (Å²) in [6, 6.07) is 13.8. The summed E-state index contributed by atoms with van der Waals surface area (Å²) in [7, 11) is 0. The minimum absolute atomic E-state index is 0.0659. The van der Waals surface area contributed by atoms with Crippen LogP contribution in [0.15, 0.2) is 53.6 Å². The highest BCUT2D eigenvalue weighted by Crippen LogP contribution is 2.22. The van der Waals surface area contributed by atoms with E-state index in [1.807, 2.05) is 19.9 Å². The number of nitro groups is 1. The smallest absolute Gasteiger partial charge is 0.271 e. The minimum atomic E-state index is -0.509. The Hall–Kier alpha value is -3.74. The Bertz CT molecular complexity index is 1090. The monoisotopic (exact) mass is 390 g/mol. The molecule has 0 atom stereocenters. The highest BCUT2D eigenvalue weighted by Gasteiger charge is 2.11. The van der Waals surface area contributed by atoms with Crippen LogP contribution in [0.5, 0.6) is 0 Å². The lowest BCUT2D eigenvalue weighted by atomic mass is 10.1. The number of amides is 1. The second-order valence-corrected chi connectivity index (χ2v) is 7.01. The number of carbonyl (C=O) groups excluding carboxylic acids is 1. The first-order valence-electron chi connectivity index (χ1n) is 9.11. The molecule has 1 aromatic heterocycles. The summed E-state index contributed by atoms with van der Waals surface area (Å²) in [5, 5.41) is 14.7. The van der Waals surface area contributed by atoms with Crippen LogP contribution in [0.4, 0.5) is 5.69 Å². The van der Waals surface area contributed by atoms with Crippen molar-refractivity contribution in [2.75, 3.05) is 0 Å². The average Bonchev–Trinajstić information content (AvgIpc) is 2.94. The van der Waals surface area contributed by atoms with Crippen molar-refractivity contribution in [2.24, 2.45) is 5.10 Å². The lowest BCUT2D eigenvalue weighted by Gasteiger charge is -2.11. The molecule has 0 spiro atoms. The summed E-state index contributed by atoms with van der Waals surface area (Å²) in [5.74, 6) is -0.431. The standard InChI is InChI=1S/C22H22N4O3/c1-14-9-15(2)11-21(10-14)25-16(3)12-19(17(25)4)13-23-24-22(27)18-5-7-20(8-6-18)26(28)29/h5-13H,1-4H3,(H,24,27)/b23-13-. The van der Waals surface area contributed by atoms with Gasteiger partial charge >= 0.3 is 0 Å². The molecular formula is C22H22N4O3. The van der Waals surface area contributed by atoms with Gasteiger partial charge < -0.3 is 4.57 Å². The fraction of sp³-hybridized carbons (Fsp3) is 0.182. The topological polar surface area (TPSA) is 89.5 Å². The third kappa shape index (κ3) is 4.40. The second kappa shape index (κ2) is 8.10. The highest BCUT2D eigenvalue weighted by atomic mass is 16.6. The fourth-order valence-corrected chi connectivity index (χ4v) is 3.35. The summed E-state index contributed by atoms with van der Waals surface area (Å²) < 4.78 is 2.15. The number of aryl methyl sites for hydroxylation is 3. The summed E-state index contributed by atoms with van der Waals surface area (Å²) in [5.41, 5.74) is 9.14. The first kappa shape index (κ1) is 20.0. The lowest BCUT2D eigenvalue weighted by Crippen LogP contribution is -2.17. The van der Waals surface area contributed by atoms with Gasteiger partial charge in [-0.05, 0) is 69.2 Å². The van der Waals surface area contributed by atoms with Gasteiger partial charge in [0.25, 0.3) is 11.6 Å². The fourth-order valence-electron chi connectivity index (χ4n) is 3.35. The van der Waals surface area contributed by atoms with E-state index in [0.717, 1.165) is 22.6 Å². The van der Waals surface area contributed by atoms with Crippen LogP contribution in [-0.4, -0.2) is 21.6 Å². The molecule has 1 amide bonds. The van der Waals surface area contributed by atoms with Crippen molar-refractivity contribution in [1.82, 2.24) is 9.99 Å². The molecule has 0 aliphatic heterocycles. The number of nitrogens with one attached hydrogen (secondary N) is 1. The zero-order valence-electron chi connectivity index (χ0n) is 16.8. The Morgan fingerprint density at radius 1 is 1.03 bits per heavy atom. The van der Waals surface area contributed by atoms with Crippen molar-refractivity contribution in [3.63, 3.8) is 0 Å². The molecule has 1 N–H and O–H groups in total. The number of carbonyl (C=O) groups is 1. The van der Waals surface area contributed by atoms with Crippen LogP contribution in [0.3, 0.4) is 0 Å². The van der Waals surface area contributed by atoms with Crippen molar-refractivity contribution in [3.8, 4) is 5.69 Å². The number of benzene rings is 2. The Balaban J connectivity index is 1.77. The maximum atomic E-state index is 12.2. The van der Waals surface area contributed by atoms with Gasteiger partial charge in [-0.1, -0.05) is 6.07 Å². The maximum Gasteiger partial charge on any atom is 0.271 e. The van der Waals surface area contributed by atoms with Gasteiger partial charge in [0.1, 0.15) is 0 Å². The van der Waals surface area contributed by atoms with Crippen LogP contribution >= 0.6 is 0 Å². The third-order valence-electron chi connectivity index (χ3n) is 4.64. The zero-order chi connectivity index (χ0) is 21.1. The number of nitro benzene ring substituents is 1. The van der Waals surface area contributed by atoms with E-state index in [9.17, 15) is 14.9 Å². The molecule has 0 aliphatic rings. The highest BCUT2D eigenvalue weighted by molar-refractivity contribution is 5.95. The molecule has 7 heteroatoms. The molecule has 148 valence electrons. The van der Waals surface area contributed by atoms with Crippen molar-refractivity contribution >= 4 is 17.8 Å². The van der Waals surface area contributed by atoms with Gasteiger partial charge in [-0.2, -0.15) is 5.10 Å². The molecule has 3 rings (SSSR count). The Morgan fingerprint density at radius 3 is 2.24 bits per heavy atom. The van der Waals surface area contributed by atoms with Gasteiger partial charge in [0.05, 0.1) is 11.1 Å². The number of hydrogen-bond donors (Lipinski definition) is 1. The molecule has 0 unspecified atom stereocenters. The van der Waals surface area contributed by atoms with Crippen LogP contribution in [0, 0.1) is 37.8 Å². The van der Waals surface area contributed by atoms with E-state index in [0.29, 0.717) is 5.56 Å². The number of non-ortho nitro benzene ring substituents is 1. The molecule has 1 heterocycles. The SMILES string of the molecule is Cc1cc(C)cc(-n2c(C)cc(/C=N\NC(=O)c3ccc([N+](=O)[O-])cc3)c2C)c1. The molecule has 0 bridgehead atoms. The predicted molar refractivity (Wildman–Crippen MR) is 113 cm³/mol. The summed E-state index contributed by atoms with van der Waals surface area (Å²) in [4.78, 5) is 22.4. The van der Waals surface area contributed by atoms with E-state index in [4.69, 9.17) is 0 Å². The van der Waals surface area contributed by atoms with Crippen molar-refractivity contribution in [3.05, 3.63) is 92.3 Å². The maximum absolute atomic E-state index is 12.2. The molecule has 2 aromatic carbocycles. The molecular weight excluding hydrogens is 368 g/mol. The lowest BCUT2D eigenvalue weighted by molar-refractivity contribution is -0.384. The van der Waals surface area contributed by atoms with E-state index in [-0.39, 0.29) is 5.69 Å². The third-order valence-corrected chi connectivity index (χ3v) is 4.64. The predicted octanol–water partition coefficient (Wildman–Crippen LogP) is 4.38. The van der Waals surface area contributed by atoms with E-state index >= 15 is 0 Å². The molecule has 0 aliphatic carbocycles. The van der Waals surface area contributed by atoms with Gasteiger partial charge in [0, 0.05) is 40.3 Å². The van der Waals surface area contributed by atoms with Gasteiger partial charge in [-0.3, -0.25) is 14.9 Å². The second-order valence-electron chi connectivity index (χ2n) is 7.01. The normalized spacial score (nSPS) is 11.0. The summed E-state index contributed by atoms with van der Waals surface area (Å²) in [6.45, 7) is 8.17. The van der Waals surface area contributed by atoms with Crippen molar-refractivity contribution < 1.29 is 9.72 Å². The van der Waals surface area contributed by atoms with Crippen LogP contribution in [0.2, 0.25) is 0 Å². The number of nitrogens with zero attached hydrogens (tertiary/aromatic N) is 3. The molecule has 0 saturated heterocycles. The van der Waals surface area contributed by atoms with Gasteiger partial charge in [0.15, 0.2) is 0 Å². The molecule has 0 fully saturated rings. The van der Waals surface area contributed by atoms with Crippen LogP contribution < -0.4 is 5.43 Å². The van der Waals surface area contributed by atoms with E-state index < -0.39 is 10.8 Å². The Labute approximate surface area is 168 Å². The largest absolute Gasteiger partial charge is 0.318 e. The van der Waals surface area contributed by atoms with E-state index in [1.54, 1.807) is 6.21 Å². The summed E-state index contributed by atoms with van der Waals surface area (Å²) in [6.07, 6.45) is 1.60. The molecule has 3 aromatic rings. The Morgan fingerprint density at radius 2 is 1.66 bits per heavy atom. The Kier molecular flexibility index (Phi) is 5.59. The average molecular weight is 390 g/mol. The number of hydrazone groups is 1. The molecule has 0 saturated carbocycles. The van der Waals surface area contributed by atoms with Crippen LogP contribution in [0.25, 0.3) is 5.69 Å². The molecule has 0 radical (unpaired) electrons. The quantitative estimate of drug-likeness (QED) is 0.398. The van der Waals surface area contributed by atoms with Gasteiger partial charge in [-0.15, -0.1) is 0 Å². The van der Waals surface area contributed by atoms with Crippen LogP contribution in [0.1, 0.15) is 38.4 Å². The number of rotatable bonds is 5. The first-order valence-corrected chi connectivity index (χ1v) is 9.11. The first-order chi connectivity index (χ1) is 13.8. The zero-order valence-corrected chi connectivity index (χ0v) is 16.8. The van der Waals surface area contributed by atoms with Crippen LogP contribution in [-0.2, 0) is 0 Å². The van der Waals surface area contributed by atoms with Gasteiger partial charge in [-0.25, -0.2) is 5.43 Å². The van der Waals surface area contributed by atoms with Crippen molar-refractivity contribution in [2.45, 2.75) is 27.7 Å². The number of aromatic nitrogens is 1. The van der Waals surface area contributed by atoms with E-state index in [1.165, 1.54) is 35.4 Å².